The lowest BCUT2D eigenvalue weighted by Gasteiger charge is -2.11. The fourth-order valence-electron chi connectivity index (χ4n) is 2.08. The van der Waals surface area contributed by atoms with Crippen molar-refractivity contribution in [3.63, 3.8) is 0 Å². The smallest absolute Gasteiger partial charge is 0.271 e. The highest BCUT2D eigenvalue weighted by molar-refractivity contribution is 7.90. The van der Waals surface area contributed by atoms with Gasteiger partial charge in [-0.05, 0) is 19.0 Å². The summed E-state index contributed by atoms with van der Waals surface area (Å²) in [4.78, 5) is 22.0. The third-order valence-corrected chi connectivity index (χ3v) is 4.28. The van der Waals surface area contributed by atoms with E-state index < -0.39 is 26.4 Å². The fraction of sp³-hybridized carbons (Fsp3) is 0.417. The molecule has 0 aliphatic carbocycles. The SMILES string of the molecule is CS(=O)(=O)c1cc(C(=O)NC2CCNC2)cc([N+](=O)[O-])c1.Cl. The molecule has 0 spiro atoms. The van der Waals surface area contributed by atoms with Gasteiger partial charge in [0.25, 0.3) is 11.6 Å². The van der Waals surface area contributed by atoms with Crippen molar-refractivity contribution in [2.24, 2.45) is 0 Å². The van der Waals surface area contributed by atoms with Crippen LogP contribution in [0.1, 0.15) is 16.8 Å². The van der Waals surface area contributed by atoms with Gasteiger partial charge in [-0.3, -0.25) is 14.9 Å². The molecular weight excluding hydrogens is 334 g/mol. The molecule has 8 nitrogen and oxygen atoms in total. The fourth-order valence-corrected chi connectivity index (χ4v) is 2.76. The van der Waals surface area contributed by atoms with Gasteiger partial charge < -0.3 is 10.6 Å². The summed E-state index contributed by atoms with van der Waals surface area (Å²) in [6, 6.07) is 3.12. The molecule has 0 bridgehead atoms. The van der Waals surface area contributed by atoms with Gasteiger partial charge >= 0.3 is 0 Å². The van der Waals surface area contributed by atoms with Crippen molar-refractivity contribution in [3.8, 4) is 0 Å². The van der Waals surface area contributed by atoms with Gasteiger partial charge in [0.2, 0.25) is 0 Å². The van der Waals surface area contributed by atoms with Crippen LogP contribution in [0.25, 0.3) is 0 Å². The minimum Gasteiger partial charge on any atom is -0.348 e. The topological polar surface area (TPSA) is 118 Å². The molecule has 1 amide bonds. The Bertz CT molecular complexity index is 686. The molecule has 1 unspecified atom stereocenters. The number of carbonyl (C=O) groups excluding carboxylic acids is 1. The van der Waals surface area contributed by atoms with E-state index in [1.54, 1.807) is 0 Å². The van der Waals surface area contributed by atoms with E-state index in [0.29, 0.717) is 6.54 Å². The van der Waals surface area contributed by atoms with E-state index in [2.05, 4.69) is 10.6 Å². The zero-order valence-corrected chi connectivity index (χ0v) is 13.4. The normalized spacial score (nSPS) is 17.6. The molecule has 2 N–H and O–H groups in total. The van der Waals surface area contributed by atoms with Crippen molar-refractivity contribution < 1.29 is 18.1 Å². The number of rotatable bonds is 4. The first-order valence-electron chi connectivity index (χ1n) is 6.28. The monoisotopic (exact) mass is 349 g/mol. The van der Waals surface area contributed by atoms with Crippen LogP contribution in [0.15, 0.2) is 23.1 Å². The average molecular weight is 350 g/mol. The summed E-state index contributed by atoms with van der Waals surface area (Å²) >= 11 is 0. The maximum atomic E-state index is 12.1. The second-order valence-electron chi connectivity index (χ2n) is 4.91. The molecule has 1 atom stereocenters. The summed E-state index contributed by atoms with van der Waals surface area (Å²) in [6.07, 6.45) is 1.70. The van der Waals surface area contributed by atoms with Gasteiger partial charge in [0.05, 0.1) is 9.82 Å². The number of nitrogens with one attached hydrogen (secondary N) is 2. The van der Waals surface area contributed by atoms with E-state index in [-0.39, 0.29) is 28.9 Å². The van der Waals surface area contributed by atoms with E-state index in [0.717, 1.165) is 37.4 Å². The van der Waals surface area contributed by atoms with E-state index in [1.165, 1.54) is 0 Å². The van der Waals surface area contributed by atoms with Gasteiger partial charge in [-0.25, -0.2) is 8.42 Å². The molecule has 10 heteroatoms. The Balaban J connectivity index is 0.00000242. The minimum absolute atomic E-state index is 0. The third kappa shape index (κ3) is 4.39. The average Bonchev–Trinajstić information content (AvgIpc) is 2.90. The molecule has 1 aromatic rings. The second-order valence-corrected chi connectivity index (χ2v) is 6.92. The van der Waals surface area contributed by atoms with Crippen LogP contribution in [-0.4, -0.2) is 44.6 Å². The zero-order chi connectivity index (χ0) is 15.6. The van der Waals surface area contributed by atoms with E-state index >= 15 is 0 Å². The number of amides is 1. The molecule has 1 heterocycles. The molecular formula is C12H16ClN3O5S. The van der Waals surface area contributed by atoms with Gasteiger partial charge in [0.15, 0.2) is 9.84 Å². The Hall–Kier alpha value is -1.71. The number of non-ortho nitro benzene ring substituents is 1. The third-order valence-electron chi connectivity index (χ3n) is 3.19. The van der Waals surface area contributed by atoms with Crippen molar-refractivity contribution in [2.75, 3.05) is 19.3 Å². The molecule has 22 heavy (non-hydrogen) atoms. The number of hydrogen-bond acceptors (Lipinski definition) is 6. The molecule has 122 valence electrons. The Morgan fingerprint density at radius 1 is 1.41 bits per heavy atom. The molecule has 1 aromatic carbocycles. The van der Waals surface area contributed by atoms with Crippen molar-refractivity contribution in [1.82, 2.24) is 10.6 Å². The number of nitro groups is 1. The van der Waals surface area contributed by atoms with Crippen molar-refractivity contribution in [1.29, 1.82) is 0 Å². The summed E-state index contributed by atoms with van der Waals surface area (Å²) in [5.41, 5.74) is -0.454. The van der Waals surface area contributed by atoms with Crippen molar-refractivity contribution >= 4 is 33.8 Å². The van der Waals surface area contributed by atoms with Crippen LogP contribution < -0.4 is 10.6 Å². The van der Waals surface area contributed by atoms with E-state index in [4.69, 9.17) is 0 Å². The number of sulfone groups is 1. The standard InChI is InChI=1S/C12H15N3O5S.ClH/c1-21(19,20)11-5-8(4-10(6-11)15(17)18)12(16)14-9-2-3-13-7-9;/h4-6,9,13H,2-3,7H2,1H3,(H,14,16);1H. The van der Waals surface area contributed by atoms with Crippen LogP contribution in [0.3, 0.4) is 0 Å². The lowest BCUT2D eigenvalue weighted by atomic mass is 10.1. The largest absolute Gasteiger partial charge is 0.348 e. The Morgan fingerprint density at radius 2 is 2.09 bits per heavy atom. The molecule has 0 radical (unpaired) electrons. The Morgan fingerprint density at radius 3 is 2.59 bits per heavy atom. The number of benzene rings is 1. The predicted octanol–water partition coefficient (Wildman–Crippen LogP) is 0.512. The molecule has 0 aromatic heterocycles. The summed E-state index contributed by atoms with van der Waals surface area (Å²) in [5.74, 6) is -0.516. The van der Waals surface area contributed by atoms with Crippen LogP contribution in [-0.2, 0) is 9.84 Å². The van der Waals surface area contributed by atoms with Gasteiger partial charge in [-0.2, -0.15) is 0 Å². The maximum Gasteiger partial charge on any atom is 0.271 e. The highest BCUT2D eigenvalue weighted by Crippen LogP contribution is 2.21. The molecule has 0 saturated carbocycles. The number of nitro benzene ring substituents is 1. The predicted molar refractivity (Wildman–Crippen MR) is 82.2 cm³/mol. The van der Waals surface area contributed by atoms with Crippen LogP contribution in [0.4, 0.5) is 5.69 Å². The van der Waals surface area contributed by atoms with E-state index in [9.17, 15) is 23.3 Å². The lowest BCUT2D eigenvalue weighted by Crippen LogP contribution is -2.36. The highest BCUT2D eigenvalue weighted by atomic mass is 35.5. The van der Waals surface area contributed by atoms with Crippen molar-refractivity contribution in [2.45, 2.75) is 17.4 Å². The number of nitrogens with zero attached hydrogens (tertiary/aromatic N) is 1. The zero-order valence-electron chi connectivity index (χ0n) is 11.7. The van der Waals surface area contributed by atoms with Gasteiger partial charge in [-0.15, -0.1) is 12.4 Å². The Kier molecular flexibility index (Phi) is 5.86. The summed E-state index contributed by atoms with van der Waals surface area (Å²) in [5, 5.41) is 16.7. The number of halogens is 1. The molecule has 1 aliphatic heterocycles. The molecule has 1 fully saturated rings. The lowest BCUT2D eigenvalue weighted by molar-refractivity contribution is -0.385. The van der Waals surface area contributed by atoms with Crippen LogP contribution in [0, 0.1) is 10.1 Å². The van der Waals surface area contributed by atoms with Gasteiger partial charge in [0.1, 0.15) is 0 Å². The first kappa shape index (κ1) is 18.3. The summed E-state index contributed by atoms with van der Waals surface area (Å²) < 4.78 is 23.1. The van der Waals surface area contributed by atoms with Crippen LogP contribution in [0.2, 0.25) is 0 Å². The van der Waals surface area contributed by atoms with Crippen LogP contribution in [0.5, 0.6) is 0 Å². The summed E-state index contributed by atoms with van der Waals surface area (Å²) in [7, 11) is -3.64. The van der Waals surface area contributed by atoms with Crippen LogP contribution >= 0.6 is 12.4 Å². The van der Waals surface area contributed by atoms with E-state index in [1.807, 2.05) is 0 Å². The number of hydrogen-bond donors (Lipinski definition) is 2. The van der Waals surface area contributed by atoms with Gasteiger partial charge in [0, 0.05) is 36.5 Å². The molecule has 2 rings (SSSR count). The summed E-state index contributed by atoms with van der Waals surface area (Å²) in [6.45, 7) is 1.41. The van der Waals surface area contributed by atoms with Gasteiger partial charge in [-0.1, -0.05) is 0 Å². The maximum absolute atomic E-state index is 12.1. The molecule has 1 saturated heterocycles. The highest BCUT2D eigenvalue weighted by Gasteiger charge is 2.22. The minimum atomic E-state index is -3.64. The first-order chi connectivity index (χ1) is 9.77. The molecule has 1 aliphatic rings. The second kappa shape index (κ2) is 7.03. The van der Waals surface area contributed by atoms with Crippen molar-refractivity contribution in [3.05, 3.63) is 33.9 Å². The number of carbonyl (C=O) groups is 1. The Labute approximate surface area is 133 Å². The quantitative estimate of drug-likeness (QED) is 0.604. The first-order valence-corrected chi connectivity index (χ1v) is 8.17.